The molecule has 0 saturated carbocycles. The van der Waals surface area contributed by atoms with E-state index in [-0.39, 0.29) is 42.0 Å². The average molecular weight is 489 g/mol. The Balaban J connectivity index is 0.00000364. The van der Waals surface area contributed by atoms with Gasteiger partial charge in [-0.05, 0) is 39.8 Å². The molecule has 0 bridgehead atoms. The van der Waals surface area contributed by atoms with Crippen LogP contribution in [0.4, 0.5) is 0 Å². The van der Waals surface area contributed by atoms with Crippen molar-refractivity contribution in [2.24, 2.45) is 4.99 Å². The third-order valence-electron chi connectivity index (χ3n) is 3.17. The molecule has 0 radical (unpaired) electrons. The standard InChI is InChI=1S/C17H27N7O2.HI/c1-5-18-16(20-11-14(25)22-17(2,3)4)19-9-8-13-21-15(24-23-13)12-7-6-10-26-12;/h6-7,10H,5,8-9,11H2,1-4H3,(H,22,25)(H2,18,19,20)(H,21,23,24);1H. The summed E-state index contributed by atoms with van der Waals surface area (Å²) in [5.41, 5.74) is -0.267. The number of nitrogens with zero attached hydrogens (tertiary/aromatic N) is 3. The Bertz CT molecular complexity index is 720. The summed E-state index contributed by atoms with van der Waals surface area (Å²) < 4.78 is 5.27. The fourth-order valence-corrected chi connectivity index (χ4v) is 2.17. The summed E-state index contributed by atoms with van der Waals surface area (Å²) in [7, 11) is 0. The number of rotatable bonds is 7. The number of furan rings is 1. The molecule has 4 N–H and O–H groups in total. The first kappa shape index (κ1) is 22.9. The third kappa shape index (κ3) is 8.41. The molecule has 0 spiro atoms. The van der Waals surface area contributed by atoms with Gasteiger partial charge >= 0.3 is 0 Å². The second kappa shape index (κ2) is 10.9. The van der Waals surface area contributed by atoms with E-state index in [1.807, 2.05) is 33.8 Å². The van der Waals surface area contributed by atoms with Crippen molar-refractivity contribution in [1.29, 1.82) is 0 Å². The Morgan fingerprint density at radius 2 is 2.11 bits per heavy atom. The van der Waals surface area contributed by atoms with Gasteiger partial charge in [-0.3, -0.25) is 9.89 Å². The summed E-state index contributed by atoms with van der Waals surface area (Å²) in [4.78, 5) is 20.6. The zero-order valence-electron chi connectivity index (χ0n) is 16.1. The van der Waals surface area contributed by atoms with Gasteiger partial charge in [0.2, 0.25) is 11.7 Å². The van der Waals surface area contributed by atoms with Gasteiger partial charge < -0.3 is 20.4 Å². The first-order chi connectivity index (χ1) is 12.4. The topological polar surface area (TPSA) is 120 Å². The molecule has 0 aliphatic rings. The summed E-state index contributed by atoms with van der Waals surface area (Å²) in [5, 5.41) is 16.2. The number of hydrogen-bond donors (Lipinski definition) is 4. The molecule has 10 heteroatoms. The molecule has 0 unspecified atom stereocenters. The number of carbonyl (C=O) groups excluding carboxylic acids is 1. The summed E-state index contributed by atoms with van der Waals surface area (Å²) in [6, 6.07) is 3.60. The number of aromatic nitrogens is 3. The molecule has 0 saturated heterocycles. The number of guanidine groups is 1. The first-order valence-corrected chi connectivity index (χ1v) is 8.65. The number of aromatic amines is 1. The van der Waals surface area contributed by atoms with Crippen molar-refractivity contribution in [2.45, 2.75) is 39.7 Å². The number of H-pyrrole nitrogens is 1. The van der Waals surface area contributed by atoms with Crippen LogP contribution >= 0.6 is 24.0 Å². The van der Waals surface area contributed by atoms with Gasteiger partial charge in [-0.15, -0.1) is 24.0 Å². The molecule has 2 rings (SSSR count). The highest BCUT2D eigenvalue weighted by Crippen LogP contribution is 2.14. The smallest absolute Gasteiger partial charge is 0.242 e. The largest absolute Gasteiger partial charge is 0.461 e. The molecule has 27 heavy (non-hydrogen) atoms. The lowest BCUT2D eigenvalue weighted by Gasteiger charge is -2.20. The van der Waals surface area contributed by atoms with E-state index in [9.17, 15) is 4.79 Å². The minimum Gasteiger partial charge on any atom is -0.461 e. The monoisotopic (exact) mass is 489 g/mol. The van der Waals surface area contributed by atoms with Gasteiger partial charge in [0, 0.05) is 25.0 Å². The highest BCUT2D eigenvalue weighted by atomic mass is 127. The molecule has 0 aromatic carbocycles. The first-order valence-electron chi connectivity index (χ1n) is 8.65. The molecule has 1 amide bonds. The molecule has 2 aromatic rings. The minimum absolute atomic E-state index is 0. The number of amides is 1. The van der Waals surface area contributed by atoms with Crippen molar-refractivity contribution in [3.8, 4) is 11.6 Å². The van der Waals surface area contributed by atoms with E-state index in [4.69, 9.17) is 4.42 Å². The van der Waals surface area contributed by atoms with Crippen molar-refractivity contribution in [2.75, 3.05) is 19.6 Å². The van der Waals surface area contributed by atoms with E-state index in [0.29, 0.717) is 37.1 Å². The minimum atomic E-state index is -0.267. The average Bonchev–Trinajstić information content (AvgIpc) is 3.22. The van der Waals surface area contributed by atoms with Crippen LogP contribution in [0.15, 0.2) is 27.8 Å². The fraction of sp³-hybridized carbons (Fsp3) is 0.529. The van der Waals surface area contributed by atoms with E-state index in [1.165, 1.54) is 0 Å². The van der Waals surface area contributed by atoms with Gasteiger partial charge in [-0.1, -0.05) is 0 Å². The number of hydrogen-bond acceptors (Lipinski definition) is 5. The highest BCUT2D eigenvalue weighted by molar-refractivity contribution is 14.0. The molecule has 2 aromatic heterocycles. The molecular weight excluding hydrogens is 461 g/mol. The number of carbonyl (C=O) groups is 1. The predicted octanol–water partition coefficient (Wildman–Crippen LogP) is 1.70. The van der Waals surface area contributed by atoms with Crippen molar-refractivity contribution in [3.63, 3.8) is 0 Å². The van der Waals surface area contributed by atoms with Crippen LogP contribution in [-0.2, 0) is 11.2 Å². The van der Waals surface area contributed by atoms with Crippen LogP contribution in [0.25, 0.3) is 11.6 Å². The van der Waals surface area contributed by atoms with Gasteiger partial charge in [-0.25, -0.2) is 9.98 Å². The maximum absolute atomic E-state index is 11.9. The summed E-state index contributed by atoms with van der Waals surface area (Å²) in [6.07, 6.45) is 2.22. The lowest BCUT2D eigenvalue weighted by atomic mass is 10.1. The van der Waals surface area contributed by atoms with Crippen molar-refractivity contribution < 1.29 is 9.21 Å². The molecule has 2 heterocycles. The van der Waals surface area contributed by atoms with Crippen molar-refractivity contribution in [1.82, 2.24) is 31.1 Å². The fourth-order valence-electron chi connectivity index (χ4n) is 2.17. The van der Waals surface area contributed by atoms with Crippen LogP contribution in [0.2, 0.25) is 0 Å². The molecule has 0 aliphatic heterocycles. The number of aliphatic imine (C=N–C) groups is 1. The zero-order valence-corrected chi connectivity index (χ0v) is 18.5. The van der Waals surface area contributed by atoms with Crippen molar-refractivity contribution in [3.05, 3.63) is 24.2 Å². The van der Waals surface area contributed by atoms with E-state index >= 15 is 0 Å². The highest BCUT2D eigenvalue weighted by Gasteiger charge is 2.13. The maximum Gasteiger partial charge on any atom is 0.242 e. The van der Waals surface area contributed by atoms with Gasteiger partial charge in [0.25, 0.3) is 0 Å². The lowest BCUT2D eigenvalue weighted by molar-refractivity contribution is -0.121. The summed E-state index contributed by atoms with van der Waals surface area (Å²) in [6.45, 7) is 9.15. The number of halogens is 1. The molecular formula is C17H28IN7O2. The molecule has 9 nitrogen and oxygen atoms in total. The van der Waals surface area contributed by atoms with Crippen LogP contribution in [-0.4, -0.2) is 52.2 Å². The van der Waals surface area contributed by atoms with Crippen LogP contribution in [0.3, 0.4) is 0 Å². The van der Waals surface area contributed by atoms with Crippen LogP contribution < -0.4 is 16.0 Å². The lowest BCUT2D eigenvalue weighted by Crippen LogP contribution is -2.43. The molecule has 0 fully saturated rings. The van der Waals surface area contributed by atoms with Crippen LogP contribution in [0.5, 0.6) is 0 Å². The SMILES string of the molecule is CCNC(=NCC(=O)NC(C)(C)C)NCCc1nc(-c2ccco2)n[nH]1.I. The predicted molar refractivity (Wildman–Crippen MR) is 115 cm³/mol. The zero-order chi connectivity index (χ0) is 19.0. The summed E-state index contributed by atoms with van der Waals surface area (Å²) >= 11 is 0. The Hall–Kier alpha value is -2.11. The van der Waals surface area contributed by atoms with E-state index in [1.54, 1.807) is 12.3 Å². The molecule has 0 atom stereocenters. The van der Waals surface area contributed by atoms with Crippen LogP contribution in [0, 0.1) is 0 Å². The van der Waals surface area contributed by atoms with Crippen molar-refractivity contribution >= 4 is 35.8 Å². The maximum atomic E-state index is 11.9. The van der Waals surface area contributed by atoms with Gasteiger partial charge in [0.1, 0.15) is 12.4 Å². The normalized spacial score (nSPS) is 11.6. The Morgan fingerprint density at radius 3 is 2.74 bits per heavy atom. The Morgan fingerprint density at radius 1 is 1.33 bits per heavy atom. The van der Waals surface area contributed by atoms with E-state index in [0.717, 1.165) is 5.82 Å². The Labute approximate surface area is 176 Å². The van der Waals surface area contributed by atoms with E-state index < -0.39 is 0 Å². The van der Waals surface area contributed by atoms with Gasteiger partial charge in [0.05, 0.1) is 6.26 Å². The Kier molecular flexibility index (Phi) is 9.26. The molecule has 0 aliphatic carbocycles. The van der Waals surface area contributed by atoms with E-state index in [2.05, 4.69) is 36.1 Å². The number of nitrogens with one attached hydrogen (secondary N) is 4. The third-order valence-corrected chi connectivity index (χ3v) is 3.17. The quantitative estimate of drug-likeness (QED) is 0.267. The summed E-state index contributed by atoms with van der Waals surface area (Å²) in [5.74, 6) is 2.37. The van der Waals surface area contributed by atoms with Gasteiger partial charge in [-0.2, -0.15) is 5.10 Å². The molecule has 150 valence electrons. The second-order valence-electron chi connectivity index (χ2n) is 6.75. The van der Waals surface area contributed by atoms with Crippen LogP contribution in [0.1, 0.15) is 33.5 Å². The van der Waals surface area contributed by atoms with Gasteiger partial charge in [0.15, 0.2) is 11.7 Å². The second-order valence-corrected chi connectivity index (χ2v) is 6.75.